The number of rotatable bonds is 7. The van der Waals surface area contributed by atoms with Crippen molar-refractivity contribution in [1.29, 1.82) is 0 Å². The van der Waals surface area contributed by atoms with Crippen molar-refractivity contribution in [1.82, 2.24) is 0 Å². The van der Waals surface area contributed by atoms with E-state index in [0.717, 1.165) is 6.26 Å². The molecule has 1 aromatic rings. The Kier molecular flexibility index (Phi) is 6.49. The number of carbonyl (C=O) groups is 2. The molecule has 2 atom stereocenters. The largest absolute Gasteiger partial charge is 0.464 e. The predicted octanol–water partition coefficient (Wildman–Crippen LogP) is 2.44. The number of hydrogen-bond donors (Lipinski definition) is 0. The lowest BCUT2D eigenvalue weighted by atomic mass is 9.95. The van der Waals surface area contributed by atoms with E-state index in [1.54, 1.807) is 51.1 Å². The molecule has 0 spiro atoms. The summed E-state index contributed by atoms with van der Waals surface area (Å²) in [5.74, 6) is -2.39. The Bertz CT molecular complexity index is 567. The fraction of sp³-hybridized carbons (Fsp3) is 0.375. The van der Waals surface area contributed by atoms with Crippen molar-refractivity contribution in [2.24, 2.45) is 5.92 Å². The highest BCUT2D eigenvalue weighted by Crippen LogP contribution is 2.32. The zero-order valence-corrected chi connectivity index (χ0v) is 13.7. The van der Waals surface area contributed by atoms with Crippen LogP contribution in [0.4, 0.5) is 0 Å². The lowest BCUT2D eigenvalue weighted by Gasteiger charge is -2.31. The minimum atomic E-state index is -1.97. The second kappa shape index (κ2) is 7.89. The lowest BCUT2D eigenvalue weighted by molar-refractivity contribution is -0.158. The van der Waals surface area contributed by atoms with E-state index in [9.17, 15) is 13.8 Å². The molecular weight excluding hydrogens is 304 g/mol. The van der Waals surface area contributed by atoms with Gasteiger partial charge in [-0.3, -0.25) is 4.21 Å². The molecule has 0 fully saturated rings. The van der Waals surface area contributed by atoms with E-state index in [1.807, 2.05) is 0 Å². The van der Waals surface area contributed by atoms with Gasteiger partial charge in [-0.25, -0.2) is 9.59 Å². The first-order valence-electron chi connectivity index (χ1n) is 6.89. The standard InChI is InChI=1S/C16H20O5S/c1-5-20-14(17)16(12(3)4,15(18)21-6-2)22(19)13-10-8-7-9-11-13/h5,7-12H,1,6H2,2-4H3. The summed E-state index contributed by atoms with van der Waals surface area (Å²) < 4.78 is 20.9. The minimum Gasteiger partial charge on any atom is -0.464 e. The van der Waals surface area contributed by atoms with Gasteiger partial charge in [-0.05, 0) is 25.0 Å². The van der Waals surface area contributed by atoms with Crippen LogP contribution in [-0.2, 0) is 29.9 Å². The first kappa shape index (κ1) is 18.1. The molecule has 0 saturated carbocycles. The van der Waals surface area contributed by atoms with Crippen LogP contribution in [0, 0.1) is 5.92 Å². The molecule has 1 aromatic carbocycles. The first-order chi connectivity index (χ1) is 10.4. The Hall–Kier alpha value is -1.95. The molecule has 0 amide bonds. The molecule has 1 rings (SSSR count). The molecule has 0 aliphatic rings. The van der Waals surface area contributed by atoms with Gasteiger partial charge in [-0.2, -0.15) is 0 Å². The number of hydrogen-bond acceptors (Lipinski definition) is 5. The van der Waals surface area contributed by atoms with Gasteiger partial charge in [0.05, 0.1) is 23.7 Å². The third-order valence-corrected chi connectivity index (χ3v) is 5.22. The van der Waals surface area contributed by atoms with E-state index in [4.69, 9.17) is 9.47 Å². The van der Waals surface area contributed by atoms with E-state index in [2.05, 4.69) is 6.58 Å². The van der Waals surface area contributed by atoms with Crippen LogP contribution in [0.2, 0.25) is 0 Å². The lowest BCUT2D eigenvalue weighted by Crippen LogP contribution is -2.55. The van der Waals surface area contributed by atoms with Crippen molar-refractivity contribution in [3.05, 3.63) is 43.2 Å². The van der Waals surface area contributed by atoms with Gasteiger partial charge in [0.1, 0.15) is 0 Å². The van der Waals surface area contributed by atoms with E-state index in [1.165, 1.54) is 0 Å². The van der Waals surface area contributed by atoms with Crippen molar-refractivity contribution in [2.45, 2.75) is 30.4 Å². The molecule has 0 N–H and O–H groups in total. The summed E-state index contributed by atoms with van der Waals surface area (Å²) >= 11 is 0. The topological polar surface area (TPSA) is 69.7 Å². The van der Waals surface area contributed by atoms with Crippen LogP contribution in [0.5, 0.6) is 0 Å². The molecule has 0 radical (unpaired) electrons. The van der Waals surface area contributed by atoms with Gasteiger partial charge < -0.3 is 9.47 Å². The fourth-order valence-corrected chi connectivity index (χ4v) is 3.67. The summed E-state index contributed by atoms with van der Waals surface area (Å²) in [5.41, 5.74) is 0. The summed E-state index contributed by atoms with van der Waals surface area (Å²) in [6.07, 6.45) is 0.918. The van der Waals surface area contributed by atoms with Crippen molar-refractivity contribution >= 4 is 22.7 Å². The molecule has 0 bridgehead atoms. The molecular formula is C16H20O5S. The van der Waals surface area contributed by atoms with E-state index < -0.39 is 33.4 Å². The summed E-state index contributed by atoms with van der Waals surface area (Å²) in [7, 11) is -1.97. The van der Waals surface area contributed by atoms with Crippen LogP contribution in [0.1, 0.15) is 20.8 Å². The van der Waals surface area contributed by atoms with Gasteiger partial charge in [-0.1, -0.05) is 38.6 Å². The highest BCUT2D eigenvalue weighted by atomic mass is 32.2. The summed E-state index contributed by atoms with van der Waals surface area (Å²) in [4.78, 5) is 25.3. The van der Waals surface area contributed by atoms with Crippen LogP contribution < -0.4 is 0 Å². The van der Waals surface area contributed by atoms with Crippen molar-refractivity contribution in [3.8, 4) is 0 Å². The maximum absolute atomic E-state index is 13.0. The number of benzene rings is 1. The van der Waals surface area contributed by atoms with Crippen LogP contribution in [-0.4, -0.2) is 27.5 Å². The zero-order valence-electron chi connectivity index (χ0n) is 12.9. The van der Waals surface area contributed by atoms with Crippen LogP contribution in [0.25, 0.3) is 0 Å². The second-order valence-electron chi connectivity index (χ2n) is 4.76. The normalized spacial score (nSPS) is 14.7. The van der Waals surface area contributed by atoms with Crippen LogP contribution in [0.15, 0.2) is 48.1 Å². The number of carbonyl (C=O) groups excluding carboxylic acids is 2. The molecule has 22 heavy (non-hydrogen) atoms. The van der Waals surface area contributed by atoms with Gasteiger partial charge in [0.25, 0.3) is 0 Å². The minimum absolute atomic E-state index is 0.0701. The Morgan fingerprint density at radius 2 is 1.86 bits per heavy atom. The summed E-state index contributed by atoms with van der Waals surface area (Å²) in [5, 5.41) is 0. The van der Waals surface area contributed by atoms with Crippen molar-refractivity contribution in [2.75, 3.05) is 6.61 Å². The monoisotopic (exact) mass is 324 g/mol. The van der Waals surface area contributed by atoms with Crippen molar-refractivity contribution < 1.29 is 23.3 Å². The van der Waals surface area contributed by atoms with E-state index >= 15 is 0 Å². The average molecular weight is 324 g/mol. The predicted molar refractivity (Wildman–Crippen MR) is 83.3 cm³/mol. The van der Waals surface area contributed by atoms with Crippen LogP contribution >= 0.6 is 0 Å². The van der Waals surface area contributed by atoms with Gasteiger partial charge in [0.15, 0.2) is 0 Å². The molecule has 0 aliphatic heterocycles. The Balaban J connectivity index is 3.48. The first-order valence-corrected chi connectivity index (χ1v) is 8.04. The maximum Gasteiger partial charge on any atom is 0.341 e. The number of esters is 2. The SMILES string of the molecule is C=COC(=O)C(C(=O)OCC)(C(C)C)S(=O)c1ccccc1. The summed E-state index contributed by atoms with van der Waals surface area (Å²) in [6.45, 7) is 8.26. The third-order valence-electron chi connectivity index (χ3n) is 3.14. The quantitative estimate of drug-likeness (QED) is 0.438. The van der Waals surface area contributed by atoms with E-state index in [0.29, 0.717) is 4.90 Å². The van der Waals surface area contributed by atoms with Gasteiger partial charge in [-0.15, -0.1) is 0 Å². The fourth-order valence-electron chi connectivity index (χ4n) is 2.05. The zero-order chi connectivity index (χ0) is 16.8. The number of ether oxygens (including phenoxy) is 2. The molecule has 6 heteroatoms. The molecule has 5 nitrogen and oxygen atoms in total. The smallest absolute Gasteiger partial charge is 0.341 e. The Labute approximate surface area is 132 Å². The van der Waals surface area contributed by atoms with Gasteiger partial charge >= 0.3 is 11.9 Å². The molecule has 0 aromatic heterocycles. The second-order valence-corrected chi connectivity index (χ2v) is 6.42. The van der Waals surface area contributed by atoms with Crippen molar-refractivity contribution in [3.63, 3.8) is 0 Å². The maximum atomic E-state index is 13.0. The van der Waals surface area contributed by atoms with Crippen LogP contribution in [0.3, 0.4) is 0 Å². The molecule has 0 heterocycles. The Morgan fingerprint density at radius 3 is 2.32 bits per heavy atom. The third kappa shape index (κ3) is 3.27. The van der Waals surface area contributed by atoms with Gasteiger partial charge in [0, 0.05) is 4.90 Å². The molecule has 0 saturated heterocycles. The summed E-state index contributed by atoms with van der Waals surface area (Å²) in [6, 6.07) is 8.30. The molecule has 0 aliphatic carbocycles. The average Bonchev–Trinajstić information content (AvgIpc) is 2.49. The van der Waals surface area contributed by atoms with E-state index in [-0.39, 0.29) is 6.61 Å². The molecule has 2 unspecified atom stereocenters. The highest BCUT2D eigenvalue weighted by molar-refractivity contribution is 7.88. The highest BCUT2D eigenvalue weighted by Gasteiger charge is 2.57. The van der Waals surface area contributed by atoms with Gasteiger partial charge in [0.2, 0.25) is 4.75 Å². The Morgan fingerprint density at radius 1 is 1.27 bits per heavy atom. The molecule has 120 valence electrons.